The SMILES string of the molecule is CC(NC(=O)c1nccc2c(S(N)(=O)=O)cccc12)c1cc(-c2ccccc2)on1. The summed E-state index contributed by atoms with van der Waals surface area (Å²) < 4.78 is 29.1. The zero-order valence-corrected chi connectivity index (χ0v) is 16.8. The van der Waals surface area contributed by atoms with Crippen LogP contribution in [0.25, 0.3) is 22.1 Å². The minimum Gasteiger partial charge on any atom is -0.356 e. The molecule has 2 heterocycles. The van der Waals surface area contributed by atoms with Gasteiger partial charge in [-0.15, -0.1) is 0 Å². The van der Waals surface area contributed by atoms with Gasteiger partial charge in [-0.2, -0.15) is 0 Å². The van der Waals surface area contributed by atoms with Gasteiger partial charge in [0.1, 0.15) is 11.4 Å². The molecule has 0 fully saturated rings. The Labute approximate surface area is 172 Å². The summed E-state index contributed by atoms with van der Waals surface area (Å²) in [7, 11) is -3.94. The Balaban J connectivity index is 1.62. The number of carbonyl (C=O) groups excluding carboxylic acids is 1. The van der Waals surface area contributed by atoms with Gasteiger partial charge >= 0.3 is 0 Å². The summed E-state index contributed by atoms with van der Waals surface area (Å²) in [5.74, 6) is 0.122. The van der Waals surface area contributed by atoms with Crippen molar-refractivity contribution in [3.8, 4) is 11.3 Å². The molecule has 152 valence electrons. The molecular formula is C21H18N4O4S. The maximum absolute atomic E-state index is 12.9. The molecule has 0 bridgehead atoms. The molecule has 9 heteroatoms. The molecule has 0 aliphatic rings. The summed E-state index contributed by atoms with van der Waals surface area (Å²) in [6, 6.07) is 16.8. The Morgan fingerprint density at radius 2 is 1.83 bits per heavy atom. The molecule has 30 heavy (non-hydrogen) atoms. The van der Waals surface area contributed by atoms with E-state index in [9.17, 15) is 13.2 Å². The van der Waals surface area contributed by atoms with E-state index in [1.165, 1.54) is 24.4 Å². The van der Waals surface area contributed by atoms with E-state index in [2.05, 4.69) is 15.5 Å². The molecule has 1 amide bonds. The first-order valence-electron chi connectivity index (χ1n) is 9.08. The zero-order valence-electron chi connectivity index (χ0n) is 15.9. The first-order chi connectivity index (χ1) is 14.3. The van der Waals surface area contributed by atoms with Crippen LogP contribution in [-0.4, -0.2) is 24.5 Å². The smallest absolute Gasteiger partial charge is 0.271 e. The van der Waals surface area contributed by atoms with Gasteiger partial charge in [0.05, 0.1) is 10.9 Å². The molecule has 4 aromatic rings. The molecule has 0 spiro atoms. The van der Waals surface area contributed by atoms with Crippen molar-refractivity contribution >= 4 is 26.7 Å². The van der Waals surface area contributed by atoms with Crippen LogP contribution in [0, 0.1) is 0 Å². The topological polar surface area (TPSA) is 128 Å². The lowest BCUT2D eigenvalue weighted by Crippen LogP contribution is -2.28. The second kappa shape index (κ2) is 7.69. The van der Waals surface area contributed by atoms with Gasteiger partial charge in [0.15, 0.2) is 5.76 Å². The standard InChI is InChI=1S/C21H18N4O4S/c1-13(17-12-18(29-25-17)14-6-3-2-4-7-14)24-21(26)20-16-8-5-9-19(30(22,27)28)15(16)10-11-23-20/h2-13H,1H3,(H,24,26)(H2,22,27,28). The number of nitrogens with two attached hydrogens (primary N) is 1. The van der Waals surface area contributed by atoms with Gasteiger partial charge in [0.25, 0.3) is 5.91 Å². The van der Waals surface area contributed by atoms with Gasteiger partial charge in [0.2, 0.25) is 10.0 Å². The number of rotatable bonds is 5. The number of amides is 1. The van der Waals surface area contributed by atoms with Gasteiger partial charge in [-0.3, -0.25) is 9.78 Å². The van der Waals surface area contributed by atoms with Crippen molar-refractivity contribution < 1.29 is 17.7 Å². The lowest BCUT2D eigenvalue weighted by molar-refractivity contribution is 0.0935. The van der Waals surface area contributed by atoms with Crippen LogP contribution in [0.5, 0.6) is 0 Å². The van der Waals surface area contributed by atoms with E-state index < -0.39 is 22.0 Å². The summed E-state index contributed by atoms with van der Waals surface area (Å²) in [6.07, 6.45) is 1.38. The van der Waals surface area contributed by atoms with E-state index >= 15 is 0 Å². The van der Waals surface area contributed by atoms with Crippen LogP contribution in [0.15, 0.2) is 76.3 Å². The van der Waals surface area contributed by atoms with Crippen molar-refractivity contribution in [2.75, 3.05) is 0 Å². The largest absolute Gasteiger partial charge is 0.356 e. The number of aromatic nitrogens is 2. The van der Waals surface area contributed by atoms with Crippen molar-refractivity contribution in [3.05, 3.63) is 78.2 Å². The monoisotopic (exact) mass is 422 g/mol. The molecule has 0 aliphatic heterocycles. The fourth-order valence-corrected chi connectivity index (χ4v) is 3.93. The fraction of sp³-hybridized carbons (Fsp3) is 0.0952. The lowest BCUT2D eigenvalue weighted by atomic mass is 10.1. The van der Waals surface area contributed by atoms with Crippen molar-refractivity contribution in [2.24, 2.45) is 5.14 Å². The number of hydrogen-bond acceptors (Lipinski definition) is 6. The Hall–Kier alpha value is -3.56. The zero-order chi connectivity index (χ0) is 21.3. The van der Waals surface area contributed by atoms with Crippen LogP contribution in [0.1, 0.15) is 29.1 Å². The van der Waals surface area contributed by atoms with E-state index in [1.807, 2.05) is 30.3 Å². The Bertz CT molecular complexity index is 1330. The second-order valence-electron chi connectivity index (χ2n) is 6.73. The van der Waals surface area contributed by atoms with Gasteiger partial charge in [-0.05, 0) is 19.1 Å². The third kappa shape index (κ3) is 3.80. The number of carbonyl (C=O) groups is 1. The van der Waals surface area contributed by atoms with Crippen LogP contribution in [-0.2, 0) is 10.0 Å². The van der Waals surface area contributed by atoms with E-state index in [0.717, 1.165) is 5.56 Å². The first-order valence-corrected chi connectivity index (χ1v) is 10.6. The van der Waals surface area contributed by atoms with Gasteiger partial charge < -0.3 is 9.84 Å². The summed E-state index contributed by atoms with van der Waals surface area (Å²) in [5.41, 5.74) is 1.52. The highest BCUT2D eigenvalue weighted by Crippen LogP contribution is 2.25. The third-order valence-electron chi connectivity index (χ3n) is 4.67. The van der Waals surface area contributed by atoms with Crippen molar-refractivity contribution in [3.63, 3.8) is 0 Å². The third-order valence-corrected chi connectivity index (χ3v) is 5.63. The fourth-order valence-electron chi connectivity index (χ4n) is 3.18. The Morgan fingerprint density at radius 1 is 1.07 bits per heavy atom. The summed E-state index contributed by atoms with van der Waals surface area (Å²) in [5, 5.41) is 12.9. The molecule has 2 aromatic carbocycles. The minimum atomic E-state index is -3.94. The lowest BCUT2D eigenvalue weighted by Gasteiger charge is -2.12. The molecule has 3 N–H and O–H groups in total. The highest BCUT2D eigenvalue weighted by Gasteiger charge is 2.20. The molecular weight excluding hydrogens is 404 g/mol. The van der Waals surface area contributed by atoms with E-state index in [-0.39, 0.29) is 10.6 Å². The number of pyridine rings is 1. The molecule has 0 saturated heterocycles. The molecule has 8 nitrogen and oxygen atoms in total. The number of benzene rings is 2. The highest BCUT2D eigenvalue weighted by atomic mass is 32.2. The maximum Gasteiger partial charge on any atom is 0.271 e. The number of hydrogen-bond donors (Lipinski definition) is 2. The molecule has 4 rings (SSSR count). The minimum absolute atomic E-state index is 0.0616. The number of primary sulfonamides is 1. The number of sulfonamides is 1. The summed E-state index contributed by atoms with van der Waals surface area (Å²) in [4.78, 5) is 16.9. The second-order valence-corrected chi connectivity index (χ2v) is 8.26. The number of fused-ring (bicyclic) bond motifs is 1. The van der Waals surface area contributed by atoms with Crippen LogP contribution in [0.2, 0.25) is 0 Å². The molecule has 1 unspecified atom stereocenters. The van der Waals surface area contributed by atoms with Crippen molar-refractivity contribution in [2.45, 2.75) is 17.9 Å². The Kier molecular flexibility index (Phi) is 5.06. The maximum atomic E-state index is 12.9. The average molecular weight is 422 g/mol. The molecule has 0 saturated carbocycles. The van der Waals surface area contributed by atoms with E-state index in [4.69, 9.17) is 9.66 Å². The van der Waals surface area contributed by atoms with E-state index in [0.29, 0.717) is 22.2 Å². The molecule has 1 atom stereocenters. The average Bonchev–Trinajstić information content (AvgIpc) is 3.23. The van der Waals surface area contributed by atoms with Crippen LogP contribution < -0.4 is 10.5 Å². The quantitative estimate of drug-likeness (QED) is 0.509. The molecule has 0 aliphatic carbocycles. The molecule has 2 aromatic heterocycles. The van der Waals surface area contributed by atoms with Gasteiger partial charge in [-0.25, -0.2) is 13.6 Å². The normalized spacial score (nSPS) is 12.6. The predicted molar refractivity (Wildman–Crippen MR) is 111 cm³/mol. The van der Waals surface area contributed by atoms with E-state index in [1.54, 1.807) is 19.1 Å². The van der Waals surface area contributed by atoms with Crippen LogP contribution in [0.4, 0.5) is 0 Å². The van der Waals surface area contributed by atoms with Crippen molar-refractivity contribution in [1.29, 1.82) is 0 Å². The molecule has 0 radical (unpaired) electrons. The highest BCUT2D eigenvalue weighted by molar-refractivity contribution is 7.89. The summed E-state index contributed by atoms with van der Waals surface area (Å²) in [6.45, 7) is 1.77. The Morgan fingerprint density at radius 3 is 2.57 bits per heavy atom. The van der Waals surface area contributed by atoms with Gasteiger partial charge in [-0.1, -0.05) is 47.6 Å². The van der Waals surface area contributed by atoms with Crippen molar-refractivity contribution in [1.82, 2.24) is 15.5 Å². The number of nitrogens with one attached hydrogen (secondary N) is 1. The van der Waals surface area contributed by atoms with Gasteiger partial charge in [0, 0.05) is 28.6 Å². The predicted octanol–water partition coefficient (Wildman–Crippen LogP) is 3.03. The number of nitrogens with zero attached hydrogens (tertiary/aromatic N) is 2. The first kappa shape index (κ1) is 19.7. The van der Waals surface area contributed by atoms with Crippen LogP contribution in [0.3, 0.4) is 0 Å². The van der Waals surface area contributed by atoms with Crippen LogP contribution >= 0.6 is 0 Å². The summed E-state index contributed by atoms with van der Waals surface area (Å²) >= 11 is 0.